The summed E-state index contributed by atoms with van der Waals surface area (Å²) >= 11 is 0. The summed E-state index contributed by atoms with van der Waals surface area (Å²) in [6.45, 7) is 3.81. The van der Waals surface area contributed by atoms with E-state index in [9.17, 15) is 13.2 Å². The average molecular weight is 285 g/mol. The van der Waals surface area contributed by atoms with Crippen LogP contribution >= 0.6 is 0 Å². The van der Waals surface area contributed by atoms with Gasteiger partial charge in [0.1, 0.15) is 5.82 Å². The van der Waals surface area contributed by atoms with Crippen LogP contribution in [0.2, 0.25) is 0 Å². The molecule has 0 saturated heterocycles. The normalized spacial score (nSPS) is 11.8. The van der Waals surface area contributed by atoms with Gasteiger partial charge in [-0.05, 0) is 18.9 Å². The minimum absolute atomic E-state index is 0.0291. The molecule has 0 aromatic carbocycles. The maximum Gasteiger partial charge on any atom is 0.451 e. The minimum Gasteiger partial charge on any atom is -0.384 e. The number of aryl methyl sites for hydroxylation is 2. The fraction of sp³-hybridized carbons (Fsp3) is 0.417. The lowest BCUT2D eigenvalue weighted by Gasteiger charge is -2.10. The van der Waals surface area contributed by atoms with Gasteiger partial charge in [0.25, 0.3) is 0 Å². The van der Waals surface area contributed by atoms with Crippen LogP contribution in [0, 0.1) is 0 Å². The summed E-state index contributed by atoms with van der Waals surface area (Å²) in [4.78, 5) is 6.73. The van der Waals surface area contributed by atoms with E-state index in [1.807, 2.05) is 19.9 Å². The van der Waals surface area contributed by atoms with Crippen molar-refractivity contribution in [2.24, 2.45) is 0 Å². The number of hydrogen-bond acceptors (Lipinski definition) is 4. The van der Waals surface area contributed by atoms with Gasteiger partial charge in [0.05, 0.1) is 5.69 Å². The topological polar surface area (TPSA) is 69.6 Å². The van der Waals surface area contributed by atoms with Crippen molar-refractivity contribution in [3.05, 3.63) is 29.3 Å². The van der Waals surface area contributed by atoms with E-state index in [1.165, 1.54) is 10.7 Å². The summed E-state index contributed by atoms with van der Waals surface area (Å²) in [7, 11) is 0. The van der Waals surface area contributed by atoms with Gasteiger partial charge < -0.3 is 5.73 Å². The SMILES string of the molecule is CCc1cc(CC)n(-c2cc(N)nc(C(F)(F)F)n2)n1. The van der Waals surface area contributed by atoms with Gasteiger partial charge in [0, 0.05) is 11.8 Å². The molecule has 0 fully saturated rings. The first-order valence-electron chi connectivity index (χ1n) is 6.15. The van der Waals surface area contributed by atoms with E-state index in [2.05, 4.69) is 15.1 Å². The highest BCUT2D eigenvalue weighted by Crippen LogP contribution is 2.27. The van der Waals surface area contributed by atoms with Crippen molar-refractivity contribution in [1.82, 2.24) is 19.7 Å². The first kappa shape index (κ1) is 14.3. The van der Waals surface area contributed by atoms with Gasteiger partial charge >= 0.3 is 6.18 Å². The molecule has 8 heteroatoms. The number of nitrogens with two attached hydrogens (primary N) is 1. The predicted octanol–water partition coefficient (Wildman–Crippen LogP) is 2.39. The van der Waals surface area contributed by atoms with Gasteiger partial charge in [0.15, 0.2) is 5.82 Å². The number of aromatic nitrogens is 4. The Morgan fingerprint density at radius 3 is 2.40 bits per heavy atom. The molecule has 0 spiro atoms. The first-order chi connectivity index (χ1) is 9.35. The van der Waals surface area contributed by atoms with Gasteiger partial charge in [-0.1, -0.05) is 13.8 Å². The summed E-state index contributed by atoms with van der Waals surface area (Å²) in [5.74, 6) is -1.47. The van der Waals surface area contributed by atoms with Crippen LogP contribution in [0.15, 0.2) is 12.1 Å². The number of rotatable bonds is 3. The Kier molecular flexibility index (Phi) is 3.65. The molecule has 5 nitrogen and oxygen atoms in total. The summed E-state index contributed by atoms with van der Waals surface area (Å²) in [5.41, 5.74) is 6.99. The second-order valence-corrected chi connectivity index (χ2v) is 4.22. The Morgan fingerprint density at radius 2 is 1.85 bits per heavy atom. The molecule has 2 N–H and O–H groups in total. The van der Waals surface area contributed by atoms with Crippen LogP contribution < -0.4 is 5.73 Å². The highest BCUT2D eigenvalue weighted by atomic mass is 19.4. The molecule has 0 aliphatic heterocycles. The highest BCUT2D eigenvalue weighted by Gasteiger charge is 2.35. The Labute approximate surface area is 113 Å². The largest absolute Gasteiger partial charge is 0.451 e. The number of anilines is 1. The standard InChI is InChI=1S/C12H14F3N5/c1-3-7-5-8(4-2)20(19-7)10-6-9(16)17-11(18-10)12(13,14)15/h5-6H,3-4H2,1-2H3,(H2,16,17,18). The average Bonchev–Trinajstić information content (AvgIpc) is 2.80. The van der Waals surface area contributed by atoms with Gasteiger partial charge in [-0.25, -0.2) is 14.6 Å². The van der Waals surface area contributed by atoms with Crippen molar-refractivity contribution in [2.75, 3.05) is 5.73 Å². The van der Waals surface area contributed by atoms with Crippen LogP contribution in [0.25, 0.3) is 5.82 Å². The smallest absolute Gasteiger partial charge is 0.384 e. The maximum atomic E-state index is 12.7. The molecule has 2 aromatic rings. The monoisotopic (exact) mass is 285 g/mol. The van der Waals surface area contributed by atoms with Gasteiger partial charge in [0.2, 0.25) is 5.82 Å². The Bertz CT molecular complexity index is 618. The van der Waals surface area contributed by atoms with Crippen molar-refractivity contribution < 1.29 is 13.2 Å². The van der Waals surface area contributed by atoms with Crippen molar-refractivity contribution in [3.63, 3.8) is 0 Å². The van der Waals surface area contributed by atoms with Crippen molar-refractivity contribution in [2.45, 2.75) is 32.9 Å². The minimum atomic E-state index is -4.64. The molecule has 0 saturated carbocycles. The van der Waals surface area contributed by atoms with Crippen LogP contribution in [0.3, 0.4) is 0 Å². The van der Waals surface area contributed by atoms with E-state index in [0.717, 1.165) is 11.4 Å². The van der Waals surface area contributed by atoms with Gasteiger partial charge in [-0.15, -0.1) is 0 Å². The fourth-order valence-electron chi connectivity index (χ4n) is 1.79. The third kappa shape index (κ3) is 2.73. The van der Waals surface area contributed by atoms with Crippen LogP contribution in [0.4, 0.5) is 19.0 Å². The molecule has 0 aliphatic rings. The third-order valence-corrected chi connectivity index (χ3v) is 2.76. The number of nitrogens with zero attached hydrogens (tertiary/aromatic N) is 4. The molecule has 108 valence electrons. The molecule has 2 aromatic heterocycles. The molecule has 2 heterocycles. The van der Waals surface area contributed by atoms with Crippen LogP contribution in [0.5, 0.6) is 0 Å². The zero-order chi connectivity index (χ0) is 14.9. The molecule has 0 unspecified atom stereocenters. The zero-order valence-electron chi connectivity index (χ0n) is 11.1. The van der Waals surface area contributed by atoms with Gasteiger partial charge in [-0.2, -0.15) is 18.3 Å². The van der Waals surface area contributed by atoms with E-state index < -0.39 is 12.0 Å². The zero-order valence-corrected chi connectivity index (χ0v) is 11.1. The number of halogens is 3. The molecule has 0 aliphatic carbocycles. The fourth-order valence-corrected chi connectivity index (χ4v) is 1.79. The summed E-state index contributed by atoms with van der Waals surface area (Å²) in [5, 5.41) is 4.24. The quantitative estimate of drug-likeness (QED) is 0.940. The Balaban J connectivity index is 2.58. The summed E-state index contributed by atoms with van der Waals surface area (Å²) in [6.07, 6.45) is -3.33. The van der Waals surface area contributed by atoms with E-state index in [1.54, 1.807) is 0 Å². The predicted molar refractivity (Wildman–Crippen MR) is 67.3 cm³/mol. The van der Waals surface area contributed by atoms with Crippen LogP contribution in [0.1, 0.15) is 31.1 Å². The molecular weight excluding hydrogens is 271 g/mol. The molecule has 0 amide bonds. The first-order valence-corrected chi connectivity index (χ1v) is 6.15. The summed E-state index contributed by atoms with van der Waals surface area (Å²) < 4.78 is 39.5. The lowest BCUT2D eigenvalue weighted by Crippen LogP contribution is -2.16. The number of nitrogen functional groups attached to an aromatic ring is 1. The Hall–Kier alpha value is -2.12. The van der Waals surface area contributed by atoms with Crippen molar-refractivity contribution >= 4 is 5.82 Å². The van der Waals surface area contributed by atoms with Crippen LogP contribution in [-0.4, -0.2) is 19.7 Å². The molecule has 2 rings (SSSR count). The molecule has 0 atom stereocenters. The number of alkyl halides is 3. The molecule has 0 bridgehead atoms. The van der Waals surface area contributed by atoms with E-state index in [4.69, 9.17) is 5.73 Å². The lowest BCUT2D eigenvalue weighted by atomic mass is 10.2. The molecule has 0 radical (unpaired) electrons. The summed E-state index contributed by atoms with van der Waals surface area (Å²) in [6, 6.07) is 3.12. The number of hydrogen-bond donors (Lipinski definition) is 1. The van der Waals surface area contributed by atoms with Crippen molar-refractivity contribution in [1.29, 1.82) is 0 Å². The lowest BCUT2D eigenvalue weighted by molar-refractivity contribution is -0.144. The second kappa shape index (κ2) is 5.10. The Morgan fingerprint density at radius 1 is 1.15 bits per heavy atom. The highest BCUT2D eigenvalue weighted by molar-refractivity contribution is 5.38. The maximum absolute atomic E-state index is 12.7. The van der Waals surface area contributed by atoms with E-state index >= 15 is 0 Å². The van der Waals surface area contributed by atoms with E-state index in [-0.39, 0.29) is 11.6 Å². The van der Waals surface area contributed by atoms with Gasteiger partial charge in [-0.3, -0.25) is 0 Å². The third-order valence-electron chi connectivity index (χ3n) is 2.76. The van der Waals surface area contributed by atoms with E-state index in [0.29, 0.717) is 12.8 Å². The molecule has 20 heavy (non-hydrogen) atoms. The second-order valence-electron chi connectivity index (χ2n) is 4.22. The molecular formula is C12H14F3N5. The van der Waals surface area contributed by atoms with Crippen LogP contribution in [-0.2, 0) is 19.0 Å². The van der Waals surface area contributed by atoms with Crippen molar-refractivity contribution in [3.8, 4) is 5.82 Å².